The second-order valence-electron chi connectivity index (χ2n) is 9.69. The van der Waals surface area contributed by atoms with Crippen LogP contribution >= 0.6 is 0 Å². The summed E-state index contributed by atoms with van der Waals surface area (Å²) in [7, 11) is 0. The van der Waals surface area contributed by atoms with Gasteiger partial charge in [0.1, 0.15) is 5.82 Å². The summed E-state index contributed by atoms with van der Waals surface area (Å²) in [6.45, 7) is 1.91. The van der Waals surface area contributed by atoms with Gasteiger partial charge in [0.2, 0.25) is 11.8 Å². The van der Waals surface area contributed by atoms with Crippen molar-refractivity contribution < 1.29 is 27.2 Å². The number of hydrogen-bond donors (Lipinski definition) is 1. The average molecular weight is 491 g/mol. The van der Waals surface area contributed by atoms with Crippen LogP contribution in [0, 0.1) is 24.6 Å². The summed E-state index contributed by atoms with van der Waals surface area (Å²) in [5.41, 5.74) is 0.977. The number of carbonyl (C=O) groups excluding carboxylic acids is 2. The van der Waals surface area contributed by atoms with Gasteiger partial charge in [-0.15, -0.1) is 0 Å². The number of alkyl halides is 3. The van der Waals surface area contributed by atoms with Gasteiger partial charge in [-0.05, 0) is 67.5 Å². The van der Waals surface area contributed by atoms with E-state index >= 15 is 0 Å². The van der Waals surface area contributed by atoms with E-state index < -0.39 is 17.7 Å². The van der Waals surface area contributed by atoms with Crippen molar-refractivity contribution >= 4 is 11.8 Å². The van der Waals surface area contributed by atoms with Gasteiger partial charge < -0.3 is 10.2 Å². The lowest BCUT2D eigenvalue weighted by Gasteiger charge is -2.41. The van der Waals surface area contributed by atoms with Crippen molar-refractivity contribution in [2.24, 2.45) is 11.8 Å². The Balaban J connectivity index is 1.47. The normalized spacial score (nSPS) is 21.2. The Bertz CT molecular complexity index is 1080. The molecule has 1 saturated carbocycles. The zero-order valence-electron chi connectivity index (χ0n) is 19.7. The Morgan fingerprint density at radius 3 is 2.43 bits per heavy atom. The third-order valence-electron chi connectivity index (χ3n) is 7.23. The minimum Gasteiger partial charge on any atom is -0.352 e. The Hall–Kier alpha value is -2.90. The SMILES string of the molecule is Cc1cc([C@H]2CC[C@@H](C(=O)NCc3cccc(C(F)(F)F)c3)CN2C(=O)C2CCCC2)ccc1F. The number of aryl methyl sites for hydroxylation is 1. The van der Waals surface area contributed by atoms with E-state index in [-0.39, 0.29) is 42.7 Å². The number of nitrogens with one attached hydrogen (secondary N) is 1. The molecule has 1 aliphatic carbocycles. The van der Waals surface area contributed by atoms with Crippen LogP contribution in [0.4, 0.5) is 17.6 Å². The van der Waals surface area contributed by atoms with Crippen molar-refractivity contribution in [3.05, 3.63) is 70.5 Å². The Morgan fingerprint density at radius 1 is 1.00 bits per heavy atom. The third kappa shape index (κ3) is 5.85. The maximum atomic E-state index is 13.9. The summed E-state index contributed by atoms with van der Waals surface area (Å²) in [5.74, 6) is -1.06. The molecule has 188 valence electrons. The standard InChI is InChI=1S/C27H30F4N2O2/c1-17-13-20(9-11-23(17)28)24-12-10-21(16-33(24)26(35)19-6-2-3-7-19)25(34)32-15-18-5-4-8-22(14-18)27(29,30)31/h4-5,8-9,11,13-14,19,21,24H,2-3,6-7,10,12,15-16H2,1H3,(H,32,34)/t21-,24-/m1/s1. The number of amides is 2. The zero-order chi connectivity index (χ0) is 25.2. The van der Waals surface area contributed by atoms with Gasteiger partial charge >= 0.3 is 6.18 Å². The summed E-state index contributed by atoms with van der Waals surface area (Å²) in [4.78, 5) is 28.2. The molecule has 8 heteroatoms. The summed E-state index contributed by atoms with van der Waals surface area (Å²) in [6.07, 6.45) is 0.318. The van der Waals surface area contributed by atoms with Crippen LogP contribution in [0.3, 0.4) is 0 Å². The first-order valence-electron chi connectivity index (χ1n) is 12.1. The van der Waals surface area contributed by atoms with Crippen molar-refractivity contribution in [3.8, 4) is 0 Å². The molecular formula is C27H30F4N2O2. The smallest absolute Gasteiger partial charge is 0.352 e. The van der Waals surface area contributed by atoms with Crippen molar-refractivity contribution in [3.63, 3.8) is 0 Å². The number of piperidine rings is 1. The lowest BCUT2D eigenvalue weighted by Crippen LogP contribution is -2.48. The van der Waals surface area contributed by atoms with Gasteiger partial charge in [0.05, 0.1) is 17.5 Å². The van der Waals surface area contributed by atoms with E-state index in [4.69, 9.17) is 0 Å². The van der Waals surface area contributed by atoms with Crippen molar-refractivity contribution in [1.82, 2.24) is 10.2 Å². The molecule has 35 heavy (non-hydrogen) atoms. The van der Waals surface area contributed by atoms with Crippen LogP contribution < -0.4 is 5.32 Å². The van der Waals surface area contributed by atoms with Gasteiger partial charge in [-0.25, -0.2) is 4.39 Å². The quantitative estimate of drug-likeness (QED) is 0.528. The van der Waals surface area contributed by atoms with Crippen molar-refractivity contribution in [2.75, 3.05) is 6.54 Å². The predicted molar refractivity (Wildman–Crippen MR) is 124 cm³/mol. The molecule has 1 heterocycles. The van der Waals surface area contributed by atoms with Crippen LogP contribution in [0.25, 0.3) is 0 Å². The zero-order valence-corrected chi connectivity index (χ0v) is 19.7. The highest BCUT2D eigenvalue weighted by molar-refractivity contribution is 5.83. The molecule has 2 aromatic rings. The number of rotatable bonds is 5. The molecule has 2 aliphatic rings. The molecule has 2 aromatic carbocycles. The van der Waals surface area contributed by atoms with Crippen molar-refractivity contribution in [2.45, 2.75) is 64.2 Å². The molecule has 1 aliphatic heterocycles. The lowest BCUT2D eigenvalue weighted by atomic mass is 9.86. The lowest BCUT2D eigenvalue weighted by molar-refractivity contribution is -0.142. The molecule has 2 amide bonds. The van der Waals surface area contributed by atoms with E-state index in [1.54, 1.807) is 30.0 Å². The minimum absolute atomic E-state index is 0.0175. The number of carbonyl (C=O) groups is 2. The fourth-order valence-electron chi connectivity index (χ4n) is 5.25. The number of nitrogens with zero attached hydrogens (tertiary/aromatic N) is 1. The highest BCUT2D eigenvalue weighted by Crippen LogP contribution is 2.38. The molecule has 0 bridgehead atoms. The van der Waals surface area contributed by atoms with Crippen LogP contribution in [0.15, 0.2) is 42.5 Å². The predicted octanol–water partition coefficient (Wildman–Crippen LogP) is 5.94. The Morgan fingerprint density at radius 2 is 1.74 bits per heavy atom. The monoisotopic (exact) mass is 490 g/mol. The van der Waals surface area contributed by atoms with Crippen LogP contribution in [0.5, 0.6) is 0 Å². The number of hydrogen-bond acceptors (Lipinski definition) is 2. The maximum absolute atomic E-state index is 13.9. The van der Waals surface area contributed by atoms with Crippen LogP contribution in [0.1, 0.15) is 66.8 Å². The minimum atomic E-state index is -4.45. The Kier molecular flexibility index (Phi) is 7.47. The molecule has 4 nitrogen and oxygen atoms in total. The number of benzene rings is 2. The highest BCUT2D eigenvalue weighted by atomic mass is 19.4. The fraction of sp³-hybridized carbons (Fsp3) is 0.481. The molecular weight excluding hydrogens is 460 g/mol. The van der Waals surface area contributed by atoms with E-state index in [2.05, 4.69) is 5.32 Å². The highest BCUT2D eigenvalue weighted by Gasteiger charge is 2.38. The first kappa shape index (κ1) is 25.2. The molecule has 2 fully saturated rings. The first-order valence-corrected chi connectivity index (χ1v) is 12.1. The molecule has 0 radical (unpaired) electrons. The van der Waals surface area contributed by atoms with E-state index in [0.29, 0.717) is 24.0 Å². The summed E-state index contributed by atoms with van der Waals surface area (Å²) in [5, 5.41) is 2.75. The van der Waals surface area contributed by atoms with Gasteiger partial charge in [0.15, 0.2) is 0 Å². The van der Waals surface area contributed by atoms with E-state index in [1.807, 2.05) is 0 Å². The van der Waals surface area contributed by atoms with E-state index in [1.165, 1.54) is 12.1 Å². The van der Waals surface area contributed by atoms with Gasteiger partial charge in [-0.3, -0.25) is 9.59 Å². The third-order valence-corrected chi connectivity index (χ3v) is 7.23. The van der Waals surface area contributed by atoms with E-state index in [9.17, 15) is 27.2 Å². The Labute approximate surface area is 202 Å². The molecule has 0 aromatic heterocycles. The summed E-state index contributed by atoms with van der Waals surface area (Å²) in [6, 6.07) is 9.55. The van der Waals surface area contributed by atoms with Gasteiger partial charge in [0.25, 0.3) is 0 Å². The fourth-order valence-corrected chi connectivity index (χ4v) is 5.25. The molecule has 0 unspecified atom stereocenters. The molecule has 2 atom stereocenters. The molecule has 0 spiro atoms. The molecule has 1 saturated heterocycles. The van der Waals surface area contributed by atoms with E-state index in [0.717, 1.165) is 43.4 Å². The maximum Gasteiger partial charge on any atom is 0.416 e. The van der Waals surface area contributed by atoms with Crippen LogP contribution in [0.2, 0.25) is 0 Å². The summed E-state index contributed by atoms with van der Waals surface area (Å²) >= 11 is 0. The second kappa shape index (κ2) is 10.4. The number of likely N-dealkylation sites (tertiary alicyclic amines) is 1. The van der Waals surface area contributed by atoms with Gasteiger partial charge in [-0.2, -0.15) is 13.2 Å². The molecule has 1 N–H and O–H groups in total. The number of halogens is 4. The largest absolute Gasteiger partial charge is 0.416 e. The van der Waals surface area contributed by atoms with Crippen molar-refractivity contribution in [1.29, 1.82) is 0 Å². The topological polar surface area (TPSA) is 49.4 Å². The average Bonchev–Trinajstić information content (AvgIpc) is 3.38. The molecule has 4 rings (SSSR count). The van der Waals surface area contributed by atoms with Gasteiger partial charge in [-0.1, -0.05) is 37.1 Å². The first-order chi connectivity index (χ1) is 16.6. The van der Waals surface area contributed by atoms with Crippen LogP contribution in [-0.4, -0.2) is 23.3 Å². The van der Waals surface area contributed by atoms with Gasteiger partial charge in [0, 0.05) is 19.0 Å². The van der Waals surface area contributed by atoms with Crippen LogP contribution in [-0.2, 0) is 22.3 Å². The second-order valence-corrected chi connectivity index (χ2v) is 9.69. The summed E-state index contributed by atoms with van der Waals surface area (Å²) < 4.78 is 52.8.